The average molecular weight is 579 g/mol. The first-order valence-electron chi connectivity index (χ1n) is 12.9. The zero-order chi connectivity index (χ0) is 30.4. The third-order valence-electron chi connectivity index (χ3n) is 6.35. The van der Waals surface area contributed by atoms with Crippen LogP contribution in [0.3, 0.4) is 0 Å². The van der Waals surface area contributed by atoms with Crippen LogP contribution < -0.4 is 16.0 Å². The molecule has 222 valence electrons. The van der Waals surface area contributed by atoms with Crippen LogP contribution >= 0.6 is 0 Å². The van der Waals surface area contributed by atoms with Crippen molar-refractivity contribution < 1.29 is 37.1 Å². The van der Waals surface area contributed by atoms with Crippen molar-refractivity contribution in [1.29, 1.82) is 5.41 Å². The van der Waals surface area contributed by atoms with Gasteiger partial charge in [-0.1, -0.05) is 45.1 Å². The van der Waals surface area contributed by atoms with E-state index in [0.29, 0.717) is 6.42 Å². The van der Waals surface area contributed by atoms with Gasteiger partial charge in [0.05, 0.1) is 13.2 Å². The maximum atomic E-state index is 14.7. The lowest BCUT2D eigenvalue weighted by Crippen LogP contribution is -2.54. The molecule has 1 heterocycles. The fourth-order valence-corrected chi connectivity index (χ4v) is 4.18. The third kappa shape index (κ3) is 8.46. The summed E-state index contributed by atoms with van der Waals surface area (Å²) >= 11 is 0. The molecule has 0 aliphatic heterocycles. The van der Waals surface area contributed by atoms with Gasteiger partial charge in [0.2, 0.25) is 17.7 Å². The number of nitrogens with zero attached hydrogens (tertiary/aromatic N) is 2. The predicted octanol–water partition coefficient (Wildman–Crippen LogP) is 2.59. The molecule has 1 fully saturated rings. The van der Waals surface area contributed by atoms with Crippen LogP contribution in [0, 0.1) is 22.6 Å². The topological polar surface area (TPSA) is 170 Å². The molecule has 1 aliphatic carbocycles. The van der Waals surface area contributed by atoms with Crippen molar-refractivity contribution in [3.63, 3.8) is 0 Å². The smallest absolute Gasteiger partial charge is 0.308 e. The number of nitrogens with one attached hydrogen (secondary N) is 4. The molecule has 3 rings (SSSR count). The van der Waals surface area contributed by atoms with Crippen molar-refractivity contribution in [3.05, 3.63) is 53.0 Å². The highest BCUT2D eigenvalue weighted by Crippen LogP contribution is 2.44. The highest BCUT2D eigenvalue weighted by atomic mass is 19.3. The van der Waals surface area contributed by atoms with Crippen molar-refractivity contribution in [3.8, 4) is 0 Å². The van der Waals surface area contributed by atoms with Crippen molar-refractivity contribution >= 4 is 29.5 Å². The van der Waals surface area contributed by atoms with Crippen LogP contribution in [-0.4, -0.2) is 63.9 Å². The highest BCUT2D eigenvalue weighted by Gasteiger charge is 2.44. The normalized spacial score (nSPS) is 15.7. The predicted molar refractivity (Wildman–Crippen MR) is 142 cm³/mol. The maximum absolute atomic E-state index is 14.7. The number of hydrogen-bond acceptors (Lipinski definition) is 8. The molecule has 2 aromatic rings. The van der Waals surface area contributed by atoms with E-state index in [4.69, 9.17) is 14.9 Å². The largest absolute Gasteiger partial charge is 0.415 e. The van der Waals surface area contributed by atoms with Crippen molar-refractivity contribution in [2.24, 2.45) is 11.3 Å². The van der Waals surface area contributed by atoms with Gasteiger partial charge in [0.15, 0.2) is 0 Å². The van der Waals surface area contributed by atoms with Gasteiger partial charge < -0.3 is 25.5 Å². The Labute approximate surface area is 234 Å². The maximum Gasteiger partial charge on any atom is 0.308 e. The summed E-state index contributed by atoms with van der Waals surface area (Å²) in [5.41, 5.74) is -1.47. The molecule has 14 heteroatoms. The van der Waals surface area contributed by atoms with Crippen molar-refractivity contribution in [2.75, 3.05) is 13.2 Å². The molecule has 5 N–H and O–H groups in total. The van der Waals surface area contributed by atoms with Gasteiger partial charge in [0.25, 0.3) is 5.91 Å². The Morgan fingerprint density at radius 1 is 1.22 bits per heavy atom. The van der Waals surface area contributed by atoms with E-state index in [2.05, 4.69) is 26.1 Å². The minimum atomic E-state index is -2.66. The van der Waals surface area contributed by atoms with Crippen molar-refractivity contribution in [2.45, 2.75) is 58.5 Å². The molecule has 0 radical (unpaired) electrons. The van der Waals surface area contributed by atoms with Crippen LogP contribution in [0.1, 0.15) is 67.7 Å². The van der Waals surface area contributed by atoms with E-state index < -0.39 is 46.6 Å². The minimum absolute atomic E-state index is 0.00931. The molecule has 1 aromatic heterocycles. The summed E-state index contributed by atoms with van der Waals surface area (Å²) in [6, 6.07) is 2.75. The van der Waals surface area contributed by atoms with Gasteiger partial charge in [-0.3, -0.25) is 19.8 Å². The van der Waals surface area contributed by atoms with Crippen LogP contribution in [0.2, 0.25) is 0 Å². The van der Waals surface area contributed by atoms with E-state index in [1.807, 2.05) is 0 Å². The lowest BCUT2D eigenvalue weighted by molar-refractivity contribution is -0.129. The Kier molecular flexibility index (Phi) is 10.0. The van der Waals surface area contributed by atoms with E-state index in [0.717, 1.165) is 6.07 Å². The van der Waals surface area contributed by atoms with E-state index in [1.54, 1.807) is 26.8 Å². The van der Waals surface area contributed by atoms with Crippen LogP contribution in [0.15, 0.2) is 28.7 Å². The number of rotatable bonds is 12. The van der Waals surface area contributed by atoms with E-state index in [9.17, 15) is 27.6 Å². The molecule has 41 heavy (non-hydrogen) atoms. The van der Waals surface area contributed by atoms with Gasteiger partial charge in [-0.2, -0.15) is 0 Å². The summed E-state index contributed by atoms with van der Waals surface area (Å²) in [5, 5.41) is 31.9. The molecular formula is C27H33F3N6O5. The number of allylic oxidation sites excluding steroid dienone is 1. The molecule has 0 bridgehead atoms. The lowest BCUT2D eigenvalue weighted by Gasteiger charge is -2.34. The van der Waals surface area contributed by atoms with E-state index in [1.165, 1.54) is 18.2 Å². The zero-order valence-electron chi connectivity index (χ0n) is 22.9. The molecular weight excluding hydrogens is 545 g/mol. The number of aliphatic hydroxyl groups is 1. The number of carbonyl (C=O) groups is 3. The number of benzene rings is 1. The number of hydrogen-bond donors (Lipinski definition) is 5. The third-order valence-corrected chi connectivity index (χ3v) is 6.35. The molecule has 3 amide bonds. The Morgan fingerprint density at radius 3 is 2.56 bits per heavy atom. The summed E-state index contributed by atoms with van der Waals surface area (Å²) in [7, 11) is 0. The van der Waals surface area contributed by atoms with Crippen LogP contribution in [0.4, 0.5) is 13.2 Å². The molecule has 1 aliphatic rings. The van der Waals surface area contributed by atoms with E-state index in [-0.39, 0.29) is 61.4 Å². The molecule has 1 unspecified atom stereocenters. The fourth-order valence-electron chi connectivity index (χ4n) is 4.18. The Bertz CT molecular complexity index is 1310. The number of aliphatic hydroxyl groups excluding tert-OH is 1. The molecule has 11 nitrogen and oxygen atoms in total. The van der Waals surface area contributed by atoms with Crippen LogP contribution in [0.25, 0.3) is 6.08 Å². The zero-order valence-corrected chi connectivity index (χ0v) is 22.9. The van der Waals surface area contributed by atoms with Gasteiger partial charge in [-0.15, -0.1) is 10.2 Å². The van der Waals surface area contributed by atoms with E-state index >= 15 is 0 Å². The summed E-state index contributed by atoms with van der Waals surface area (Å²) < 4.78 is 46.0. The molecule has 1 aromatic carbocycles. The number of aromatic nitrogens is 2. The monoisotopic (exact) mass is 578 g/mol. The second-order valence-corrected chi connectivity index (χ2v) is 10.8. The summed E-state index contributed by atoms with van der Waals surface area (Å²) in [4.78, 5) is 37.9. The molecule has 1 atom stereocenters. The quantitative estimate of drug-likeness (QED) is 0.241. The van der Waals surface area contributed by atoms with Gasteiger partial charge in [0, 0.05) is 30.5 Å². The number of alkyl halides is 2. The lowest BCUT2D eigenvalue weighted by atomic mass is 9.79. The average Bonchev–Trinajstić information content (AvgIpc) is 3.36. The van der Waals surface area contributed by atoms with Gasteiger partial charge in [0.1, 0.15) is 17.6 Å². The Balaban J connectivity index is 1.66. The molecule has 1 saturated carbocycles. The fraction of sp³-hybridized carbons (Fsp3) is 0.481. The second-order valence-electron chi connectivity index (χ2n) is 10.8. The van der Waals surface area contributed by atoms with Crippen LogP contribution in [0.5, 0.6) is 0 Å². The second kappa shape index (κ2) is 13.1. The summed E-state index contributed by atoms with van der Waals surface area (Å²) in [6.45, 7) is 4.53. The van der Waals surface area contributed by atoms with Crippen molar-refractivity contribution in [1.82, 2.24) is 26.1 Å². The van der Waals surface area contributed by atoms with Gasteiger partial charge >= 0.3 is 11.8 Å². The Hall–Kier alpha value is -4.07. The number of carbonyl (C=O) groups excluding carboxylic acids is 3. The Morgan fingerprint density at radius 2 is 1.93 bits per heavy atom. The first-order valence-corrected chi connectivity index (χ1v) is 12.9. The summed E-state index contributed by atoms with van der Waals surface area (Å²) in [5.74, 6) is -6.28. The SMILES string of the molecule is CC(C)(C)C(NC(=O)C(=N)c1cccc(F)c1/C=C\CC1CC(F)(F)C1)C(=O)NCc1nnc(C(=O)NCCO)o1. The standard InChI is InChI=1S/C27H33F3N6O5/c1-26(2,3)21(23(39)33-14-19-35-36-25(41-19)24(40)32-10-11-37)34-22(38)20(31)17-8-5-9-18(28)16(17)7-4-6-15-12-27(29,30)13-15/h4-5,7-9,15,21,31,37H,6,10-14H2,1-3H3,(H,32,40)(H,33,39)(H,34,38)/b7-4-,31-20?. The van der Waals surface area contributed by atoms with Gasteiger partial charge in [-0.25, -0.2) is 13.2 Å². The first kappa shape index (κ1) is 31.5. The van der Waals surface area contributed by atoms with Crippen LogP contribution in [-0.2, 0) is 16.1 Å². The highest BCUT2D eigenvalue weighted by molar-refractivity contribution is 6.45. The van der Waals surface area contributed by atoms with Gasteiger partial charge in [-0.05, 0) is 23.8 Å². The molecule has 0 saturated heterocycles. The number of halogens is 3. The number of amides is 3. The summed E-state index contributed by atoms with van der Waals surface area (Å²) in [6.07, 6.45) is 2.77. The molecule has 0 spiro atoms. The minimum Gasteiger partial charge on any atom is -0.415 e. The first-order chi connectivity index (χ1) is 19.2.